The van der Waals surface area contributed by atoms with E-state index in [-0.39, 0.29) is 23.3 Å². The van der Waals surface area contributed by atoms with Gasteiger partial charge in [-0.2, -0.15) is 0 Å². The van der Waals surface area contributed by atoms with Crippen LogP contribution in [-0.2, 0) is 11.2 Å². The molecule has 0 spiro atoms. The van der Waals surface area contributed by atoms with Crippen molar-refractivity contribution in [3.05, 3.63) is 68.3 Å². The predicted molar refractivity (Wildman–Crippen MR) is 106 cm³/mol. The number of benzene rings is 2. The third-order valence-electron chi connectivity index (χ3n) is 2.94. The van der Waals surface area contributed by atoms with Crippen molar-refractivity contribution in [2.75, 3.05) is 0 Å². The number of hydrogen-bond acceptors (Lipinski definition) is 3. The highest BCUT2D eigenvalue weighted by Crippen LogP contribution is 2.11. The Morgan fingerprint density at radius 1 is 1.04 bits per heavy atom. The maximum absolute atomic E-state index is 12.0. The van der Waals surface area contributed by atoms with E-state index in [9.17, 15) is 9.59 Å². The fourth-order valence-corrected chi connectivity index (χ4v) is 2.74. The summed E-state index contributed by atoms with van der Waals surface area (Å²) in [6, 6.07) is 14.1. The average Bonchev–Trinajstić information content (AvgIpc) is 2.55. The van der Waals surface area contributed by atoms with Crippen molar-refractivity contribution in [1.82, 2.24) is 16.2 Å². The number of nitrogens with one attached hydrogen (secondary N) is 3. The number of amides is 2. The van der Waals surface area contributed by atoms with E-state index in [4.69, 9.17) is 23.8 Å². The van der Waals surface area contributed by atoms with Gasteiger partial charge in [0.1, 0.15) is 0 Å². The van der Waals surface area contributed by atoms with Crippen molar-refractivity contribution in [1.29, 1.82) is 0 Å². The zero-order valence-electron chi connectivity index (χ0n) is 12.3. The van der Waals surface area contributed by atoms with E-state index in [1.165, 1.54) is 0 Å². The minimum absolute atomic E-state index is 0.0215. The summed E-state index contributed by atoms with van der Waals surface area (Å²) in [4.78, 5) is 23.9. The third-order valence-corrected chi connectivity index (χ3v) is 4.34. The van der Waals surface area contributed by atoms with Gasteiger partial charge in [0.05, 0.1) is 12.0 Å². The molecule has 8 heteroatoms. The van der Waals surface area contributed by atoms with E-state index in [0.717, 1.165) is 9.13 Å². The topological polar surface area (TPSA) is 70.2 Å². The Bertz CT molecular complexity index is 768. The standard InChI is InChI=1S/C16H13ClIN3O2S/c17-11-7-5-10(6-8-11)9-14(22)19-16(24)21-20-15(23)12-3-1-2-4-13(12)18/h1-8H,9H2,(H,20,23)(H2,19,21,22,24). The van der Waals surface area contributed by atoms with Gasteiger partial charge in [0, 0.05) is 8.59 Å². The average molecular weight is 474 g/mol. The maximum atomic E-state index is 12.0. The zero-order chi connectivity index (χ0) is 17.5. The van der Waals surface area contributed by atoms with Gasteiger partial charge in [-0.1, -0.05) is 35.9 Å². The third kappa shape index (κ3) is 5.73. The Balaban J connectivity index is 1.80. The summed E-state index contributed by atoms with van der Waals surface area (Å²) in [5, 5.41) is 3.12. The van der Waals surface area contributed by atoms with Crippen LogP contribution in [0.5, 0.6) is 0 Å². The molecule has 2 rings (SSSR count). The van der Waals surface area contributed by atoms with E-state index in [1.54, 1.807) is 36.4 Å². The Kier molecular flexibility index (Phi) is 6.95. The van der Waals surface area contributed by atoms with Gasteiger partial charge < -0.3 is 5.32 Å². The van der Waals surface area contributed by atoms with Gasteiger partial charge in [-0.25, -0.2) is 0 Å². The Morgan fingerprint density at radius 2 is 1.71 bits per heavy atom. The minimum atomic E-state index is -0.339. The molecular formula is C16H13ClIN3O2S. The summed E-state index contributed by atoms with van der Waals surface area (Å²) in [7, 11) is 0. The van der Waals surface area contributed by atoms with Gasteiger partial charge in [0.15, 0.2) is 5.11 Å². The highest BCUT2D eigenvalue weighted by molar-refractivity contribution is 14.1. The number of carbonyl (C=O) groups is 2. The van der Waals surface area contributed by atoms with Crippen LogP contribution in [0, 0.1) is 3.57 Å². The molecule has 2 aromatic rings. The lowest BCUT2D eigenvalue weighted by molar-refractivity contribution is -0.119. The number of halogens is 2. The minimum Gasteiger partial charge on any atom is -0.302 e. The zero-order valence-corrected chi connectivity index (χ0v) is 16.0. The van der Waals surface area contributed by atoms with Gasteiger partial charge in [0.25, 0.3) is 5.91 Å². The molecule has 0 aliphatic rings. The van der Waals surface area contributed by atoms with E-state index in [1.807, 2.05) is 12.1 Å². The van der Waals surface area contributed by atoms with Gasteiger partial charge >= 0.3 is 0 Å². The second-order valence-corrected chi connectivity index (χ2v) is 6.75. The van der Waals surface area contributed by atoms with Crippen molar-refractivity contribution in [2.45, 2.75) is 6.42 Å². The molecule has 24 heavy (non-hydrogen) atoms. The second kappa shape index (κ2) is 8.95. The Hall–Kier alpha value is -1.71. The summed E-state index contributed by atoms with van der Waals surface area (Å²) >= 11 is 12.8. The molecule has 0 saturated heterocycles. The van der Waals surface area contributed by atoms with Crippen molar-refractivity contribution < 1.29 is 9.59 Å². The lowest BCUT2D eigenvalue weighted by Crippen LogP contribution is -2.48. The molecule has 0 aliphatic heterocycles. The van der Waals surface area contributed by atoms with Crippen LogP contribution in [0.2, 0.25) is 5.02 Å². The molecule has 0 atom stereocenters. The molecule has 0 aliphatic carbocycles. The van der Waals surface area contributed by atoms with Crippen LogP contribution in [0.25, 0.3) is 0 Å². The highest BCUT2D eigenvalue weighted by Gasteiger charge is 2.10. The number of hydrazine groups is 1. The maximum Gasteiger partial charge on any atom is 0.270 e. The first-order chi connectivity index (χ1) is 11.5. The molecule has 124 valence electrons. The summed E-state index contributed by atoms with van der Waals surface area (Å²) < 4.78 is 0.812. The molecule has 0 saturated carbocycles. The van der Waals surface area contributed by atoms with E-state index in [0.29, 0.717) is 10.6 Å². The predicted octanol–water partition coefficient (Wildman–Crippen LogP) is 2.82. The van der Waals surface area contributed by atoms with Crippen LogP contribution in [0.4, 0.5) is 0 Å². The normalized spacial score (nSPS) is 9.92. The molecule has 0 fully saturated rings. The van der Waals surface area contributed by atoms with Gasteiger partial charge in [-0.05, 0) is 64.6 Å². The Morgan fingerprint density at radius 3 is 2.38 bits per heavy atom. The first-order valence-electron chi connectivity index (χ1n) is 6.85. The second-order valence-electron chi connectivity index (χ2n) is 4.74. The van der Waals surface area contributed by atoms with Gasteiger partial charge in [-0.15, -0.1) is 0 Å². The molecule has 2 aromatic carbocycles. The van der Waals surface area contributed by atoms with Crippen LogP contribution < -0.4 is 16.2 Å². The molecule has 0 aromatic heterocycles. The SMILES string of the molecule is O=C(Cc1ccc(Cl)cc1)NC(=S)NNC(=O)c1ccccc1I. The molecule has 0 unspecified atom stereocenters. The highest BCUT2D eigenvalue weighted by atomic mass is 127. The van der Waals surface area contributed by atoms with Gasteiger partial charge in [0.2, 0.25) is 5.91 Å². The number of rotatable bonds is 3. The fraction of sp³-hybridized carbons (Fsp3) is 0.0625. The molecule has 0 bridgehead atoms. The molecule has 3 N–H and O–H groups in total. The van der Waals surface area contributed by atoms with Crippen molar-refractivity contribution in [3.8, 4) is 0 Å². The quantitative estimate of drug-likeness (QED) is 0.364. The van der Waals surface area contributed by atoms with Crippen LogP contribution >= 0.6 is 46.4 Å². The summed E-state index contributed by atoms with van der Waals surface area (Å²) in [5.74, 6) is -0.632. The molecule has 2 amide bonds. The lowest BCUT2D eigenvalue weighted by Gasteiger charge is -2.11. The summed E-state index contributed by atoms with van der Waals surface area (Å²) in [5.41, 5.74) is 6.28. The molecular weight excluding hydrogens is 461 g/mol. The molecule has 5 nitrogen and oxygen atoms in total. The van der Waals surface area contributed by atoms with E-state index >= 15 is 0 Å². The first-order valence-corrected chi connectivity index (χ1v) is 8.71. The number of hydrogen-bond donors (Lipinski definition) is 3. The molecule has 0 heterocycles. The van der Waals surface area contributed by atoms with Crippen LogP contribution in [-0.4, -0.2) is 16.9 Å². The molecule has 0 radical (unpaired) electrons. The fourth-order valence-electron chi connectivity index (χ4n) is 1.82. The van der Waals surface area contributed by atoms with E-state index in [2.05, 4.69) is 38.8 Å². The number of thiocarbonyl (C=S) groups is 1. The van der Waals surface area contributed by atoms with Crippen LogP contribution in [0.3, 0.4) is 0 Å². The van der Waals surface area contributed by atoms with Crippen LogP contribution in [0.1, 0.15) is 15.9 Å². The van der Waals surface area contributed by atoms with Crippen LogP contribution in [0.15, 0.2) is 48.5 Å². The van der Waals surface area contributed by atoms with Crippen molar-refractivity contribution in [3.63, 3.8) is 0 Å². The van der Waals surface area contributed by atoms with Crippen molar-refractivity contribution >= 4 is 63.3 Å². The summed E-state index contributed by atoms with van der Waals surface area (Å²) in [6.07, 6.45) is 0.156. The van der Waals surface area contributed by atoms with E-state index < -0.39 is 0 Å². The summed E-state index contributed by atoms with van der Waals surface area (Å²) in [6.45, 7) is 0. The van der Waals surface area contributed by atoms with Crippen molar-refractivity contribution in [2.24, 2.45) is 0 Å². The number of carbonyl (C=O) groups excluding carboxylic acids is 2. The largest absolute Gasteiger partial charge is 0.302 e. The monoisotopic (exact) mass is 473 g/mol. The Labute approximate surface area is 163 Å². The van der Waals surface area contributed by atoms with Gasteiger partial charge in [-0.3, -0.25) is 20.4 Å². The lowest BCUT2D eigenvalue weighted by atomic mass is 10.1. The smallest absolute Gasteiger partial charge is 0.270 e. The first kappa shape index (κ1) is 18.6.